The number of aliphatic carboxylic acids is 1. The van der Waals surface area contributed by atoms with Crippen LogP contribution in [0.3, 0.4) is 0 Å². The number of hydrogen-bond acceptors (Lipinski definition) is 5. The zero-order chi connectivity index (χ0) is 29.5. The summed E-state index contributed by atoms with van der Waals surface area (Å²) in [6.45, 7) is 17.5. The van der Waals surface area contributed by atoms with E-state index in [0.717, 1.165) is 51.4 Å². The summed E-state index contributed by atoms with van der Waals surface area (Å²) >= 11 is 0. The smallest absolute Gasteiger partial charge is 0.310 e. The van der Waals surface area contributed by atoms with Gasteiger partial charge in [-0.05, 0) is 104 Å². The molecule has 1 N–H and O–H groups in total. The van der Waals surface area contributed by atoms with Crippen molar-refractivity contribution in [2.24, 2.45) is 56.7 Å². The molecule has 0 amide bonds. The number of hydrogen-bond donors (Lipinski definition) is 1. The van der Waals surface area contributed by atoms with Crippen LogP contribution in [0.15, 0.2) is 11.6 Å². The van der Waals surface area contributed by atoms with Crippen molar-refractivity contribution in [1.82, 2.24) is 0 Å². The number of allylic oxidation sites excluding steroid dienone is 2. The van der Waals surface area contributed by atoms with Crippen molar-refractivity contribution in [1.29, 1.82) is 0 Å². The molecular weight excluding hydrogens is 504 g/mol. The van der Waals surface area contributed by atoms with Crippen LogP contribution in [0.25, 0.3) is 0 Å². The fourth-order valence-electron chi connectivity index (χ4n) is 11.6. The van der Waals surface area contributed by atoms with Gasteiger partial charge in [0.25, 0.3) is 0 Å². The molecule has 5 aliphatic carbocycles. The Hall–Kier alpha value is -1.85. The minimum atomic E-state index is -0.643. The average molecular weight is 557 g/mol. The number of esters is 2. The predicted octanol–water partition coefficient (Wildman–Crippen LogP) is 7.20. The Morgan fingerprint density at radius 3 is 2.25 bits per heavy atom. The van der Waals surface area contributed by atoms with Gasteiger partial charge in [0.15, 0.2) is 0 Å². The van der Waals surface area contributed by atoms with Crippen molar-refractivity contribution in [3.05, 3.63) is 11.6 Å². The van der Waals surface area contributed by atoms with E-state index in [1.807, 2.05) is 0 Å². The molecule has 0 aromatic rings. The van der Waals surface area contributed by atoms with Gasteiger partial charge in [-0.3, -0.25) is 14.4 Å². The molecule has 0 radical (unpaired) electrons. The van der Waals surface area contributed by atoms with Gasteiger partial charge in [0.2, 0.25) is 0 Å². The number of carboxylic acids is 1. The Labute approximate surface area is 241 Å². The molecule has 0 aromatic carbocycles. The van der Waals surface area contributed by atoms with Crippen molar-refractivity contribution in [3.63, 3.8) is 0 Å². The number of fused-ring (bicyclic) bond motifs is 7. The molecule has 0 saturated heterocycles. The van der Waals surface area contributed by atoms with Crippen LogP contribution in [0.5, 0.6) is 0 Å². The third-order valence-corrected chi connectivity index (χ3v) is 13.8. The van der Waals surface area contributed by atoms with Crippen molar-refractivity contribution in [2.75, 3.05) is 6.61 Å². The molecule has 5 aliphatic rings. The number of rotatable bonds is 4. The normalized spacial score (nSPS) is 49.8. The van der Waals surface area contributed by atoms with Crippen LogP contribution >= 0.6 is 0 Å². The molecule has 0 heterocycles. The lowest BCUT2D eigenvalue weighted by atomic mass is 9.33. The summed E-state index contributed by atoms with van der Waals surface area (Å²) in [5, 5.41) is 10.6. The van der Waals surface area contributed by atoms with Crippen molar-refractivity contribution in [3.8, 4) is 0 Å². The fraction of sp³-hybridized carbons (Fsp3) is 0.853. The molecule has 0 spiro atoms. The van der Waals surface area contributed by atoms with E-state index in [0.29, 0.717) is 36.7 Å². The van der Waals surface area contributed by atoms with Gasteiger partial charge in [-0.25, -0.2) is 0 Å². The second kappa shape index (κ2) is 9.59. The molecule has 5 rings (SSSR count). The molecule has 0 aromatic heterocycles. The first-order valence-corrected chi connectivity index (χ1v) is 15.8. The maximum atomic E-state index is 12.9. The minimum absolute atomic E-state index is 0.00780. The lowest BCUT2D eigenvalue weighted by molar-refractivity contribution is -0.218. The zero-order valence-electron chi connectivity index (χ0n) is 26.1. The van der Waals surface area contributed by atoms with Crippen molar-refractivity contribution >= 4 is 17.9 Å². The van der Waals surface area contributed by atoms with E-state index in [2.05, 4.69) is 47.6 Å². The number of carbonyl (C=O) groups is 3. The topological polar surface area (TPSA) is 89.9 Å². The quantitative estimate of drug-likeness (QED) is 0.291. The number of ether oxygens (including phenoxy) is 2. The lowest BCUT2D eigenvalue weighted by Crippen LogP contribution is -2.66. The molecular formula is C34H52O6. The third-order valence-electron chi connectivity index (χ3n) is 13.8. The largest absolute Gasteiger partial charge is 0.481 e. The molecule has 40 heavy (non-hydrogen) atoms. The van der Waals surface area contributed by atoms with Crippen LogP contribution < -0.4 is 0 Å². The third kappa shape index (κ3) is 4.04. The molecule has 2 unspecified atom stereocenters. The molecule has 4 saturated carbocycles. The average Bonchev–Trinajstić information content (AvgIpc) is 2.84. The summed E-state index contributed by atoms with van der Waals surface area (Å²) in [5.41, 5.74) is 0.348. The van der Waals surface area contributed by atoms with E-state index in [9.17, 15) is 19.5 Å². The maximum Gasteiger partial charge on any atom is 0.310 e. The van der Waals surface area contributed by atoms with Crippen LogP contribution in [-0.2, 0) is 23.9 Å². The van der Waals surface area contributed by atoms with Crippen LogP contribution in [0.2, 0.25) is 0 Å². The van der Waals surface area contributed by atoms with E-state index in [1.54, 1.807) is 0 Å². The molecule has 0 aliphatic heterocycles. The van der Waals surface area contributed by atoms with Crippen molar-refractivity contribution < 1.29 is 29.0 Å². The first-order chi connectivity index (χ1) is 18.5. The van der Waals surface area contributed by atoms with E-state index < -0.39 is 11.4 Å². The van der Waals surface area contributed by atoms with Gasteiger partial charge in [0, 0.05) is 19.3 Å². The molecule has 4 fully saturated rings. The van der Waals surface area contributed by atoms with Gasteiger partial charge in [-0.1, -0.05) is 53.2 Å². The summed E-state index contributed by atoms with van der Waals surface area (Å²) in [7, 11) is 0. The summed E-state index contributed by atoms with van der Waals surface area (Å²) in [6.07, 6.45) is 10.3. The summed E-state index contributed by atoms with van der Waals surface area (Å²) in [5.74, 6) is 0.549. The highest BCUT2D eigenvalue weighted by atomic mass is 16.5. The van der Waals surface area contributed by atoms with Gasteiger partial charge < -0.3 is 14.6 Å². The highest BCUT2D eigenvalue weighted by Gasteiger charge is 2.70. The summed E-state index contributed by atoms with van der Waals surface area (Å²) in [6, 6.07) is 0. The van der Waals surface area contributed by atoms with Crippen LogP contribution in [-0.4, -0.2) is 35.7 Å². The number of carbonyl (C=O) groups excluding carboxylic acids is 2. The number of carboxylic acid groups (broad SMARTS) is 1. The van der Waals surface area contributed by atoms with E-state index in [-0.39, 0.29) is 45.6 Å². The summed E-state index contributed by atoms with van der Waals surface area (Å²) in [4.78, 5) is 37.0. The molecule has 6 heteroatoms. The first-order valence-electron chi connectivity index (χ1n) is 15.8. The van der Waals surface area contributed by atoms with Crippen LogP contribution in [0, 0.1) is 56.7 Å². The van der Waals surface area contributed by atoms with Gasteiger partial charge in [-0.15, -0.1) is 0 Å². The Balaban J connectivity index is 1.59. The zero-order valence-corrected chi connectivity index (χ0v) is 26.1. The van der Waals surface area contributed by atoms with E-state index in [1.165, 1.54) is 19.4 Å². The van der Waals surface area contributed by atoms with Gasteiger partial charge in [-0.2, -0.15) is 0 Å². The van der Waals surface area contributed by atoms with Crippen LogP contribution in [0.4, 0.5) is 0 Å². The maximum absolute atomic E-state index is 12.9. The first kappa shape index (κ1) is 29.6. The second-order valence-corrected chi connectivity index (χ2v) is 15.7. The molecule has 0 bridgehead atoms. The minimum Gasteiger partial charge on any atom is -0.481 e. The Morgan fingerprint density at radius 2 is 1.62 bits per heavy atom. The van der Waals surface area contributed by atoms with Gasteiger partial charge in [0.1, 0.15) is 6.10 Å². The fourth-order valence-corrected chi connectivity index (χ4v) is 11.6. The molecule has 224 valence electrons. The predicted molar refractivity (Wildman–Crippen MR) is 153 cm³/mol. The van der Waals surface area contributed by atoms with Crippen molar-refractivity contribution in [2.45, 2.75) is 119 Å². The van der Waals surface area contributed by atoms with E-state index in [4.69, 9.17) is 9.47 Å². The monoisotopic (exact) mass is 556 g/mol. The SMILES string of the molecule is CC(=O)OCC1(C)C[C@@H](OC(C)=O)C[C@@]2(C)C1CC[C@]1(C)[C@@H]2CC=C2[C@@H]3[C@@H](C)[C@H](C)CC[C@]3(C(=O)O)CC[C@]21C. The van der Waals surface area contributed by atoms with Crippen LogP contribution in [0.1, 0.15) is 113 Å². The Bertz CT molecular complexity index is 1110. The molecule has 6 nitrogen and oxygen atoms in total. The summed E-state index contributed by atoms with van der Waals surface area (Å²) < 4.78 is 11.6. The lowest BCUT2D eigenvalue weighted by Gasteiger charge is -2.71. The second-order valence-electron chi connectivity index (χ2n) is 15.7. The molecule has 11 atom stereocenters. The standard InChI is InChI=1S/C34H52O6/c1-20-11-14-34(29(37)38)16-15-32(7)25(28(34)21(20)2)9-10-27-31(6)18-24(40-23(4)36)17-30(5,19-39-22(3)35)26(31)12-13-33(27,32)8/h9,20-21,24,26-28H,10-19H2,1-8H3,(H,37,38)/t20-,21+,24-,26?,27-,28+,30?,31+,32-,33-,34+/m1/s1. The highest BCUT2D eigenvalue weighted by molar-refractivity contribution is 5.76. The Kier molecular flexibility index (Phi) is 7.11. The Morgan fingerprint density at radius 1 is 0.925 bits per heavy atom. The highest BCUT2D eigenvalue weighted by Crippen LogP contribution is 2.76. The van der Waals surface area contributed by atoms with E-state index >= 15 is 0 Å². The van der Waals surface area contributed by atoms with Gasteiger partial charge in [0.05, 0.1) is 12.0 Å². The van der Waals surface area contributed by atoms with Gasteiger partial charge >= 0.3 is 17.9 Å².